The van der Waals surface area contributed by atoms with Crippen molar-refractivity contribution >= 4 is 40.5 Å². The monoisotopic (exact) mass is 395 g/mol. The highest BCUT2D eigenvalue weighted by atomic mass is 32.1. The second-order valence-corrected chi connectivity index (χ2v) is 7.18. The lowest BCUT2D eigenvalue weighted by molar-refractivity contribution is 0.102. The molecule has 0 radical (unpaired) electrons. The molecule has 3 heterocycles. The molecule has 1 fully saturated rings. The van der Waals surface area contributed by atoms with Gasteiger partial charge in [0.2, 0.25) is 0 Å². The number of fused-ring (bicyclic) bond motifs is 1. The molecule has 0 spiro atoms. The molecular formula is C20H21N5O2S. The van der Waals surface area contributed by atoms with Crippen molar-refractivity contribution in [3.8, 4) is 0 Å². The summed E-state index contributed by atoms with van der Waals surface area (Å²) < 4.78 is 1.84. The van der Waals surface area contributed by atoms with E-state index in [-0.39, 0.29) is 11.5 Å². The fourth-order valence-electron chi connectivity index (χ4n) is 3.48. The highest BCUT2D eigenvalue weighted by Crippen LogP contribution is 2.20. The summed E-state index contributed by atoms with van der Waals surface area (Å²) in [7, 11) is 0. The molecule has 1 saturated heterocycles. The largest absolute Gasteiger partial charge is 0.357 e. The predicted octanol–water partition coefficient (Wildman–Crippen LogP) is 3.33. The topological polar surface area (TPSA) is 83.0 Å². The van der Waals surface area contributed by atoms with E-state index in [0.717, 1.165) is 18.9 Å². The van der Waals surface area contributed by atoms with Crippen LogP contribution >= 0.6 is 12.2 Å². The van der Waals surface area contributed by atoms with Gasteiger partial charge in [-0.15, -0.1) is 0 Å². The highest BCUT2D eigenvalue weighted by molar-refractivity contribution is 7.71. The van der Waals surface area contributed by atoms with E-state index in [0.29, 0.717) is 33.5 Å². The van der Waals surface area contributed by atoms with Crippen LogP contribution in [0.15, 0.2) is 41.3 Å². The fourth-order valence-corrected chi connectivity index (χ4v) is 3.80. The Kier molecular flexibility index (Phi) is 4.95. The first-order valence-corrected chi connectivity index (χ1v) is 9.77. The number of anilines is 2. The third-order valence-electron chi connectivity index (χ3n) is 5.00. The summed E-state index contributed by atoms with van der Waals surface area (Å²) in [6.45, 7) is 4.41. The van der Waals surface area contributed by atoms with E-state index in [4.69, 9.17) is 12.2 Å². The molecule has 2 N–H and O–H groups in total. The smallest absolute Gasteiger partial charge is 0.262 e. The van der Waals surface area contributed by atoms with Gasteiger partial charge < -0.3 is 15.2 Å². The van der Waals surface area contributed by atoms with Gasteiger partial charge in [-0.05, 0) is 62.3 Å². The molecule has 0 atom stereocenters. The van der Waals surface area contributed by atoms with Crippen molar-refractivity contribution in [2.45, 2.75) is 26.3 Å². The molecule has 0 saturated carbocycles. The van der Waals surface area contributed by atoms with Crippen LogP contribution in [0.1, 0.15) is 30.1 Å². The lowest BCUT2D eigenvalue weighted by atomic mass is 10.1. The Morgan fingerprint density at radius 3 is 2.71 bits per heavy atom. The van der Waals surface area contributed by atoms with Gasteiger partial charge in [-0.1, -0.05) is 0 Å². The number of benzene rings is 1. The van der Waals surface area contributed by atoms with Gasteiger partial charge in [0.15, 0.2) is 4.77 Å². The van der Waals surface area contributed by atoms with Crippen molar-refractivity contribution in [3.05, 3.63) is 57.2 Å². The molecule has 1 aliphatic heterocycles. The second-order valence-electron chi connectivity index (χ2n) is 6.79. The van der Waals surface area contributed by atoms with Crippen molar-refractivity contribution in [1.82, 2.24) is 14.5 Å². The van der Waals surface area contributed by atoms with Gasteiger partial charge >= 0.3 is 0 Å². The van der Waals surface area contributed by atoms with Gasteiger partial charge in [0.1, 0.15) is 5.82 Å². The number of hydrogen-bond donors (Lipinski definition) is 2. The van der Waals surface area contributed by atoms with Crippen LogP contribution in [-0.4, -0.2) is 33.5 Å². The van der Waals surface area contributed by atoms with E-state index >= 15 is 0 Å². The fraction of sp³-hybridized carbons (Fsp3) is 0.300. The number of amides is 1. The van der Waals surface area contributed by atoms with E-state index in [1.807, 2.05) is 19.1 Å². The number of nitrogens with zero attached hydrogens (tertiary/aromatic N) is 3. The molecular weight excluding hydrogens is 374 g/mol. The summed E-state index contributed by atoms with van der Waals surface area (Å²) in [5.74, 6) is 0.664. The Bertz CT molecular complexity index is 1140. The zero-order valence-electron chi connectivity index (χ0n) is 15.6. The molecule has 8 heteroatoms. The molecule has 1 amide bonds. The molecule has 0 aliphatic carbocycles. The summed E-state index contributed by atoms with van der Waals surface area (Å²) in [4.78, 5) is 34.8. The number of H-pyrrole nitrogens is 1. The summed E-state index contributed by atoms with van der Waals surface area (Å²) in [6.07, 6.45) is 4.04. The number of aromatic nitrogens is 3. The number of pyridine rings is 1. The first-order chi connectivity index (χ1) is 13.6. The minimum absolute atomic E-state index is 0.157. The minimum Gasteiger partial charge on any atom is -0.357 e. The first-order valence-electron chi connectivity index (χ1n) is 9.36. The van der Waals surface area contributed by atoms with E-state index in [1.54, 1.807) is 24.4 Å². The quantitative estimate of drug-likeness (QED) is 0.662. The molecule has 144 valence electrons. The number of carbonyl (C=O) groups excluding carboxylic acids is 1. The van der Waals surface area contributed by atoms with E-state index in [9.17, 15) is 9.59 Å². The number of carbonyl (C=O) groups is 1. The van der Waals surface area contributed by atoms with Crippen molar-refractivity contribution in [2.24, 2.45) is 0 Å². The maximum atomic E-state index is 12.6. The van der Waals surface area contributed by atoms with Crippen LogP contribution in [0, 0.1) is 4.77 Å². The zero-order chi connectivity index (χ0) is 19.7. The lowest BCUT2D eigenvalue weighted by Crippen LogP contribution is -2.21. The molecule has 28 heavy (non-hydrogen) atoms. The van der Waals surface area contributed by atoms with Gasteiger partial charge in [0.25, 0.3) is 11.5 Å². The maximum Gasteiger partial charge on any atom is 0.262 e. The van der Waals surface area contributed by atoms with Crippen LogP contribution in [0.3, 0.4) is 0 Å². The number of aromatic amines is 1. The molecule has 7 nitrogen and oxygen atoms in total. The molecule has 0 bridgehead atoms. The SMILES string of the molecule is CCn1c(=S)[nH]c2cc(C(=O)Nc3ccc(N4CCCC4)nc3)ccc2c1=O. The van der Waals surface area contributed by atoms with Crippen LogP contribution in [0.25, 0.3) is 10.9 Å². The number of nitrogens with one attached hydrogen (secondary N) is 2. The van der Waals surface area contributed by atoms with Gasteiger partial charge in [0, 0.05) is 25.2 Å². The number of rotatable bonds is 4. The van der Waals surface area contributed by atoms with Gasteiger partial charge in [-0.2, -0.15) is 0 Å². The van der Waals surface area contributed by atoms with Crippen molar-refractivity contribution in [3.63, 3.8) is 0 Å². The summed E-state index contributed by atoms with van der Waals surface area (Å²) in [6, 6.07) is 8.72. The highest BCUT2D eigenvalue weighted by Gasteiger charge is 2.14. The van der Waals surface area contributed by atoms with Crippen LogP contribution in [0.5, 0.6) is 0 Å². The minimum atomic E-state index is -0.267. The van der Waals surface area contributed by atoms with Gasteiger partial charge in [-0.25, -0.2) is 4.98 Å². The lowest BCUT2D eigenvalue weighted by Gasteiger charge is -2.16. The van der Waals surface area contributed by atoms with Crippen LogP contribution in [0.2, 0.25) is 0 Å². The third-order valence-corrected chi connectivity index (χ3v) is 5.32. The zero-order valence-corrected chi connectivity index (χ0v) is 16.4. The average Bonchev–Trinajstić information content (AvgIpc) is 3.23. The van der Waals surface area contributed by atoms with E-state index < -0.39 is 0 Å². The van der Waals surface area contributed by atoms with Crippen LogP contribution < -0.4 is 15.8 Å². The van der Waals surface area contributed by atoms with Gasteiger partial charge in [0.05, 0.1) is 22.8 Å². The molecule has 2 aromatic heterocycles. The summed E-state index contributed by atoms with van der Waals surface area (Å²) in [5.41, 5.74) is 1.46. The maximum absolute atomic E-state index is 12.6. The van der Waals surface area contributed by atoms with E-state index in [1.165, 1.54) is 17.4 Å². The van der Waals surface area contributed by atoms with Crippen molar-refractivity contribution in [1.29, 1.82) is 0 Å². The molecule has 1 aromatic carbocycles. The molecule has 1 aliphatic rings. The Morgan fingerprint density at radius 2 is 2.04 bits per heavy atom. The Balaban J connectivity index is 1.57. The number of hydrogen-bond acceptors (Lipinski definition) is 5. The predicted molar refractivity (Wildman–Crippen MR) is 113 cm³/mol. The van der Waals surface area contributed by atoms with Crippen molar-refractivity contribution < 1.29 is 4.79 Å². The Labute approximate surface area is 167 Å². The molecule has 0 unspecified atom stereocenters. The van der Waals surface area contributed by atoms with Crippen LogP contribution in [-0.2, 0) is 6.54 Å². The molecule has 4 rings (SSSR count). The average molecular weight is 395 g/mol. The Morgan fingerprint density at radius 1 is 1.25 bits per heavy atom. The van der Waals surface area contributed by atoms with Gasteiger partial charge in [-0.3, -0.25) is 14.2 Å². The molecule has 3 aromatic rings. The Hall–Kier alpha value is -3.00. The summed E-state index contributed by atoms with van der Waals surface area (Å²) in [5, 5.41) is 3.35. The third kappa shape index (κ3) is 3.43. The van der Waals surface area contributed by atoms with E-state index in [2.05, 4.69) is 20.2 Å². The second kappa shape index (κ2) is 7.55. The first kappa shape index (κ1) is 18.4. The standard InChI is InChI=1S/C20H21N5O2S/c1-2-25-19(27)15-7-5-13(11-16(15)23-20(25)28)18(26)22-14-6-8-17(21-12-14)24-9-3-4-10-24/h5-8,11-12H,2-4,9-10H2,1H3,(H,22,26)(H,23,28). The normalized spacial score (nSPS) is 13.8. The van der Waals surface area contributed by atoms with Crippen LogP contribution in [0.4, 0.5) is 11.5 Å². The summed E-state index contributed by atoms with van der Waals surface area (Å²) >= 11 is 5.23. The van der Waals surface area contributed by atoms with Crippen molar-refractivity contribution in [2.75, 3.05) is 23.3 Å².